The second-order valence-corrected chi connectivity index (χ2v) is 21.0. The summed E-state index contributed by atoms with van der Waals surface area (Å²) in [5.74, 6) is 1.63. The Balaban J connectivity index is 4.25. The van der Waals surface area contributed by atoms with Gasteiger partial charge in [0.25, 0.3) is 0 Å². The molecule has 0 aliphatic carbocycles. The summed E-state index contributed by atoms with van der Waals surface area (Å²) < 4.78 is 16.9. The van der Waals surface area contributed by atoms with E-state index in [9.17, 15) is 14.4 Å². The molecule has 0 rings (SSSR count). The molecule has 63 heavy (non-hydrogen) atoms. The van der Waals surface area contributed by atoms with E-state index in [2.05, 4.69) is 41.5 Å². The van der Waals surface area contributed by atoms with Crippen molar-refractivity contribution in [3.63, 3.8) is 0 Å². The van der Waals surface area contributed by atoms with Gasteiger partial charge in [0.1, 0.15) is 13.2 Å². The van der Waals surface area contributed by atoms with Crippen LogP contribution < -0.4 is 0 Å². The first kappa shape index (κ1) is 61.4. The van der Waals surface area contributed by atoms with Gasteiger partial charge in [0, 0.05) is 19.3 Å². The van der Waals surface area contributed by atoms with Crippen molar-refractivity contribution in [2.24, 2.45) is 17.8 Å². The smallest absolute Gasteiger partial charge is 0.306 e. The average molecular weight is 892 g/mol. The van der Waals surface area contributed by atoms with Crippen LogP contribution in [0.3, 0.4) is 0 Å². The van der Waals surface area contributed by atoms with Crippen molar-refractivity contribution in [2.45, 2.75) is 317 Å². The molecule has 0 bridgehead atoms. The molecule has 0 N–H and O–H groups in total. The van der Waals surface area contributed by atoms with Crippen LogP contribution in [0.15, 0.2) is 0 Å². The second-order valence-electron chi connectivity index (χ2n) is 21.0. The van der Waals surface area contributed by atoms with Gasteiger partial charge in [0.15, 0.2) is 6.10 Å². The molecule has 0 aromatic rings. The van der Waals surface area contributed by atoms with Crippen molar-refractivity contribution in [1.82, 2.24) is 0 Å². The van der Waals surface area contributed by atoms with Gasteiger partial charge in [-0.2, -0.15) is 0 Å². The molecule has 0 saturated carbocycles. The van der Waals surface area contributed by atoms with Crippen molar-refractivity contribution < 1.29 is 28.6 Å². The molecule has 6 nitrogen and oxygen atoms in total. The predicted molar refractivity (Wildman–Crippen MR) is 270 cm³/mol. The van der Waals surface area contributed by atoms with Crippen molar-refractivity contribution in [1.29, 1.82) is 0 Å². The monoisotopic (exact) mass is 891 g/mol. The highest BCUT2D eigenvalue weighted by atomic mass is 16.6. The minimum absolute atomic E-state index is 0.0642. The normalized spacial score (nSPS) is 12.1. The van der Waals surface area contributed by atoms with Crippen molar-refractivity contribution >= 4 is 17.9 Å². The highest BCUT2D eigenvalue weighted by molar-refractivity contribution is 5.71. The Morgan fingerprint density at radius 2 is 0.460 bits per heavy atom. The lowest BCUT2D eigenvalue weighted by Gasteiger charge is -2.18. The summed E-state index contributed by atoms with van der Waals surface area (Å²) in [6.07, 6.45) is 49.6. The maximum atomic E-state index is 12.8. The molecular weight excluding hydrogens is 781 g/mol. The summed E-state index contributed by atoms with van der Waals surface area (Å²) in [7, 11) is 0. The third-order valence-electron chi connectivity index (χ3n) is 12.9. The van der Waals surface area contributed by atoms with Gasteiger partial charge < -0.3 is 14.2 Å². The predicted octanol–water partition coefficient (Wildman–Crippen LogP) is 18.3. The quantitative estimate of drug-likeness (QED) is 0.0344. The number of ether oxygens (including phenoxy) is 3. The molecule has 0 spiro atoms. The van der Waals surface area contributed by atoms with Gasteiger partial charge in [0.2, 0.25) is 0 Å². The van der Waals surface area contributed by atoms with Crippen LogP contribution in [0.5, 0.6) is 0 Å². The van der Waals surface area contributed by atoms with Gasteiger partial charge in [-0.15, -0.1) is 0 Å². The highest BCUT2D eigenvalue weighted by Crippen LogP contribution is 2.18. The van der Waals surface area contributed by atoms with E-state index < -0.39 is 6.10 Å². The third-order valence-corrected chi connectivity index (χ3v) is 12.9. The molecule has 0 heterocycles. The third kappa shape index (κ3) is 51.3. The van der Waals surface area contributed by atoms with Gasteiger partial charge in [-0.05, 0) is 37.0 Å². The van der Waals surface area contributed by atoms with Gasteiger partial charge in [-0.3, -0.25) is 14.4 Å². The van der Waals surface area contributed by atoms with Gasteiger partial charge >= 0.3 is 17.9 Å². The molecular formula is C57H110O6. The molecule has 0 aliphatic heterocycles. The number of esters is 3. The summed E-state index contributed by atoms with van der Waals surface area (Å²) in [5.41, 5.74) is 0. The Bertz CT molecular complexity index is 976. The zero-order valence-electron chi connectivity index (χ0n) is 43.4. The Morgan fingerprint density at radius 1 is 0.270 bits per heavy atom. The van der Waals surface area contributed by atoms with Crippen LogP contribution in [-0.2, 0) is 28.6 Å². The fourth-order valence-corrected chi connectivity index (χ4v) is 8.65. The fraction of sp³-hybridized carbons (Fsp3) is 0.947. The summed E-state index contributed by atoms with van der Waals surface area (Å²) in [4.78, 5) is 38.0. The summed E-state index contributed by atoms with van der Waals surface area (Å²) in [6, 6.07) is 0. The van der Waals surface area contributed by atoms with E-state index in [1.165, 1.54) is 193 Å². The molecule has 0 saturated heterocycles. The molecule has 0 fully saturated rings. The zero-order chi connectivity index (χ0) is 46.3. The van der Waals surface area contributed by atoms with Crippen LogP contribution in [0, 0.1) is 17.8 Å². The summed E-state index contributed by atoms with van der Waals surface area (Å²) >= 11 is 0. The maximum absolute atomic E-state index is 12.8. The van der Waals surface area contributed by atoms with E-state index in [1.54, 1.807) is 0 Å². The summed E-state index contributed by atoms with van der Waals surface area (Å²) in [5, 5.41) is 0. The highest BCUT2D eigenvalue weighted by Gasteiger charge is 2.19. The molecule has 0 aliphatic rings. The molecule has 0 aromatic carbocycles. The standard InChI is InChI=1S/C57H110O6/c1-51(2)43-37-31-25-19-15-11-9-7-8-10-12-17-21-28-34-40-46-55(58)61-49-54(63-57(60)48-42-36-30-24-23-27-33-39-45-53(5)6)50-62-56(59)47-41-35-29-22-18-14-13-16-20-26-32-38-44-52(3)4/h51-54H,7-50H2,1-6H3/t54-/m1/s1. The van der Waals surface area contributed by atoms with Crippen LogP contribution >= 0.6 is 0 Å². The summed E-state index contributed by atoms with van der Waals surface area (Å²) in [6.45, 7) is 13.7. The largest absolute Gasteiger partial charge is 0.462 e. The van der Waals surface area contributed by atoms with Crippen LogP contribution in [0.4, 0.5) is 0 Å². The number of hydrogen-bond acceptors (Lipinski definition) is 6. The van der Waals surface area contributed by atoms with Gasteiger partial charge in [0.05, 0.1) is 0 Å². The topological polar surface area (TPSA) is 78.9 Å². The first-order valence-corrected chi connectivity index (χ1v) is 28.1. The Morgan fingerprint density at radius 3 is 0.683 bits per heavy atom. The Labute approximate surface area is 393 Å². The molecule has 6 heteroatoms. The maximum Gasteiger partial charge on any atom is 0.306 e. The van der Waals surface area contributed by atoms with E-state index in [1.807, 2.05) is 0 Å². The minimum atomic E-state index is -0.763. The fourth-order valence-electron chi connectivity index (χ4n) is 8.65. The van der Waals surface area contributed by atoms with Crippen LogP contribution in [0.1, 0.15) is 311 Å². The van der Waals surface area contributed by atoms with E-state index >= 15 is 0 Å². The van der Waals surface area contributed by atoms with E-state index in [0.29, 0.717) is 19.3 Å². The number of hydrogen-bond donors (Lipinski definition) is 0. The van der Waals surface area contributed by atoms with Crippen LogP contribution in [-0.4, -0.2) is 37.2 Å². The minimum Gasteiger partial charge on any atom is -0.462 e. The van der Waals surface area contributed by atoms with Crippen LogP contribution in [0.2, 0.25) is 0 Å². The van der Waals surface area contributed by atoms with Crippen molar-refractivity contribution in [2.75, 3.05) is 13.2 Å². The number of carbonyl (C=O) groups is 3. The van der Waals surface area contributed by atoms with Crippen molar-refractivity contribution in [3.05, 3.63) is 0 Å². The molecule has 374 valence electrons. The van der Waals surface area contributed by atoms with E-state index in [0.717, 1.165) is 75.5 Å². The second kappa shape index (κ2) is 48.3. The number of carbonyl (C=O) groups excluding carboxylic acids is 3. The lowest BCUT2D eigenvalue weighted by atomic mass is 10.0. The van der Waals surface area contributed by atoms with Gasteiger partial charge in [-0.1, -0.05) is 273 Å². The molecule has 0 aromatic heterocycles. The van der Waals surface area contributed by atoms with E-state index in [-0.39, 0.29) is 31.1 Å². The zero-order valence-corrected chi connectivity index (χ0v) is 43.4. The lowest BCUT2D eigenvalue weighted by Crippen LogP contribution is -2.30. The molecule has 1 atom stereocenters. The van der Waals surface area contributed by atoms with Crippen LogP contribution in [0.25, 0.3) is 0 Å². The first-order chi connectivity index (χ1) is 30.6. The molecule has 0 unspecified atom stereocenters. The number of rotatable bonds is 50. The van der Waals surface area contributed by atoms with Gasteiger partial charge in [-0.25, -0.2) is 0 Å². The van der Waals surface area contributed by atoms with Crippen molar-refractivity contribution in [3.8, 4) is 0 Å². The van der Waals surface area contributed by atoms with E-state index in [4.69, 9.17) is 14.2 Å². The average Bonchev–Trinajstić information content (AvgIpc) is 3.24. The molecule has 0 radical (unpaired) electrons. The number of unbranched alkanes of at least 4 members (excludes halogenated alkanes) is 33. The molecule has 0 amide bonds. The first-order valence-electron chi connectivity index (χ1n) is 28.1. The Kier molecular flexibility index (Phi) is 47.1. The lowest BCUT2D eigenvalue weighted by molar-refractivity contribution is -0.167. The Hall–Kier alpha value is -1.59. The SMILES string of the molecule is CC(C)CCCCCCCCCCCCCCCCCCC(=O)OC[C@H](COC(=O)CCCCCCCCCCCCCCC(C)C)OC(=O)CCCCCCCCCCC(C)C.